The van der Waals surface area contributed by atoms with Crippen molar-refractivity contribution < 1.29 is 59.5 Å². The summed E-state index contributed by atoms with van der Waals surface area (Å²) < 4.78 is 16.2. The Kier molecular flexibility index (Phi) is 22.0. The van der Waals surface area contributed by atoms with E-state index in [4.69, 9.17) is 14.2 Å². The second kappa shape index (κ2) is 23.8. The molecule has 266 valence electrons. The highest BCUT2D eigenvalue weighted by atomic mass is 16.7. The van der Waals surface area contributed by atoms with Gasteiger partial charge in [-0.05, 0) is 6.42 Å². The van der Waals surface area contributed by atoms with Crippen molar-refractivity contribution in [1.29, 1.82) is 0 Å². The Morgan fingerprint density at radius 1 is 0.822 bits per heavy atom. The summed E-state index contributed by atoms with van der Waals surface area (Å²) in [6.45, 7) is 1.92. The van der Waals surface area contributed by atoms with E-state index in [-0.39, 0.29) is 6.61 Å². The summed E-state index contributed by atoms with van der Waals surface area (Å²) in [5.41, 5.74) is 0. The average Bonchev–Trinajstić information content (AvgIpc) is 3.01. The van der Waals surface area contributed by atoms with Crippen molar-refractivity contribution in [3.8, 4) is 0 Å². The summed E-state index contributed by atoms with van der Waals surface area (Å²) in [6, 6.07) is -1.56. The number of nitrogens with one attached hydrogen (secondary N) is 1. The molecule has 0 aromatic carbocycles. The molecule has 0 spiro atoms. The van der Waals surface area contributed by atoms with Crippen molar-refractivity contribution in [1.82, 2.24) is 5.32 Å². The predicted molar refractivity (Wildman–Crippen MR) is 166 cm³/mol. The van der Waals surface area contributed by atoms with Crippen molar-refractivity contribution in [2.75, 3.05) is 26.4 Å². The Labute approximate surface area is 268 Å². The van der Waals surface area contributed by atoms with Gasteiger partial charge in [0.05, 0.1) is 25.9 Å². The van der Waals surface area contributed by atoms with Gasteiger partial charge in [-0.15, -0.1) is 0 Å². The fourth-order valence-electron chi connectivity index (χ4n) is 5.57. The Bertz CT molecular complexity index is 789. The van der Waals surface area contributed by atoms with Gasteiger partial charge in [0.2, 0.25) is 5.91 Å². The van der Waals surface area contributed by atoms with Crippen molar-refractivity contribution in [2.45, 2.75) is 165 Å². The van der Waals surface area contributed by atoms with Gasteiger partial charge in [-0.3, -0.25) is 4.79 Å². The van der Waals surface area contributed by atoms with Crippen LogP contribution in [0, 0.1) is 0 Å². The van der Waals surface area contributed by atoms with E-state index in [1.165, 1.54) is 83.5 Å². The van der Waals surface area contributed by atoms with Crippen LogP contribution in [-0.4, -0.2) is 123 Å². The molecule has 1 amide bonds. The molecule has 1 rings (SSSR count). The molecule has 1 fully saturated rings. The zero-order valence-corrected chi connectivity index (χ0v) is 27.4. The van der Waals surface area contributed by atoms with Gasteiger partial charge in [-0.2, -0.15) is 0 Å². The molecule has 0 saturated carbocycles. The zero-order chi connectivity index (χ0) is 33.7. The van der Waals surface area contributed by atoms with E-state index in [0.29, 0.717) is 6.61 Å². The Morgan fingerprint density at radius 2 is 1.31 bits per heavy atom. The number of aliphatic hydroxyl groups is 6. The van der Waals surface area contributed by atoms with Crippen molar-refractivity contribution in [3.63, 3.8) is 0 Å². The summed E-state index contributed by atoms with van der Waals surface area (Å²) in [5.74, 6) is -5.55. The first kappa shape index (κ1) is 41.6. The van der Waals surface area contributed by atoms with Gasteiger partial charge in [-0.1, -0.05) is 103 Å². The molecule has 8 atom stereocenters. The number of carbonyl (C=O) groups excluding carboxylic acids is 1. The zero-order valence-electron chi connectivity index (χ0n) is 27.4. The maximum absolute atomic E-state index is 12.2. The Hall–Kier alpha value is -1.42. The number of ether oxygens (including phenoxy) is 3. The van der Waals surface area contributed by atoms with Crippen molar-refractivity contribution in [3.05, 3.63) is 0 Å². The number of hydrogen-bond acceptors (Lipinski definition) is 11. The molecule has 1 aliphatic rings. The monoisotopic (exact) mass is 651 g/mol. The number of hydrogen-bond donors (Lipinski definition) is 8. The third-order valence-electron chi connectivity index (χ3n) is 8.27. The van der Waals surface area contributed by atoms with E-state index in [2.05, 4.69) is 12.2 Å². The standard InChI is InChI=1S/C32H61NO12/c1-3-4-5-6-7-8-9-10-11-12-13-14-15-16-17-18-19-43-21-24(36)22-44-32(31(41)42)30(40)28(39)26(33-23(2)35)29(45-32)27(38)25(37)20-34/h24-30,34,36-40H,3-22H2,1-2H3,(H,33,35)(H,41,42)/t24-,25+,26+,27+,28+,29+,30-,32+/m0/s1. The number of carboxylic acids is 1. The van der Waals surface area contributed by atoms with E-state index in [1.54, 1.807) is 0 Å². The SMILES string of the molecule is CCCCCCCCCCCCCCCCCCOC[C@H](O)CO[C@@]1(C(=O)O)O[C@@H]([C@H](O)[C@H](O)CO)[C@H](NC(C)=O)[C@@H](O)[C@@H]1O. The lowest BCUT2D eigenvalue weighted by molar-refractivity contribution is -0.350. The topological polar surface area (TPSA) is 215 Å². The molecule has 0 bridgehead atoms. The molecular formula is C32H61NO12. The Morgan fingerprint density at radius 3 is 1.76 bits per heavy atom. The highest BCUT2D eigenvalue weighted by molar-refractivity contribution is 5.77. The van der Waals surface area contributed by atoms with E-state index in [1.807, 2.05) is 0 Å². The summed E-state index contributed by atoms with van der Waals surface area (Å²) in [6.07, 6.45) is 8.80. The van der Waals surface area contributed by atoms with Crippen LogP contribution in [0.2, 0.25) is 0 Å². The summed E-state index contributed by atoms with van der Waals surface area (Å²) in [7, 11) is 0. The molecule has 0 aliphatic carbocycles. The van der Waals surface area contributed by atoms with Crippen LogP contribution < -0.4 is 5.32 Å². The number of aliphatic carboxylic acids is 1. The van der Waals surface area contributed by atoms with E-state index in [0.717, 1.165) is 26.2 Å². The lowest BCUT2D eigenvalue weighted by Crippen LogP contribution is -2.74. The molecule has 0 radical (unpaired) electrons. The molecule has 13 heteroatoms. The molecule has 0 aromatic heterocycles. The fraction of sp³-hybridized carbons (Fsp3) is 0.938. The van der Waals surface area contributed by atoms with Crippen LogP contribution in [0.4, 0.5) is 0 Å². The van der Waals surface area contributed by atoms with Crippen molar-refractivity contribution >= 4 is 11.9 Å². The quantitative estimate of drug-likeness (QED) is 0.0597. The maximum Gasteiger partial charge on any atom is 0.367 e. The fourth-order valence-corrected chi connectivity index (χ4v) is 5.57. The molecule has 1 heterocycles. The van der Waals surface area contributed by atoms with Crippen LogP contribution in [-0.2, 0) is 23.8 Å². The molecule has 0 aromatic rings. The first-order chi connectivity index (χ1) is 21.5. The minimum absolute atomic E-state index is 0.184. The van der Waals surface area contributed by atoms with Crippen LogP contribution in [0.25, 0.3) is 0 Å². The third-order valence-corrected chi connectivity index (χ3v) is 8.27. The van der Waals surface area contributed by atoms with Gasteiger partial charge in [0.15, 0.2) is 0 Å². The summed E-state index contributed by atoms with van der Waals surface area (Å²) in [4.78, 5) is 23.8. The van der Waals surface area contributed by atoms with Crippen LogP contribution in [0.15, 0.2) is 0 Å². The van der Waals surface area contributed by atoms with Crippen LogP contribution in [0.1, 0.15) is 117 Å². The van der Waals surface area contributed by atoms with Gasteiger partial charge in [0.1, 0.15) is 36.6 Å². The number of aliphatic hydroxyl groups excluding tert-OH is 6. The number of amides is 1. The molecule has 1 aliphatic heterocycles. The van der Waals surface area contributed by atoms with E-state index >= 15 is 0 Å². The smallest absolute Gasteiger partial charge is 0.367 e. The van der Waals surface area contributed by atoms with Crippen LogP contribution in [0.5, 0.6) is 0 Å². The number of rotatable bonds is 27. The van der Waals surface area contributed by atoms with Crippen LogP contribution in [0.3, 0.4) is 0 Å². The summed E-state index contributed by atoms with van der Waals surface area (Å²) in [5, 5.41) is 73.3. The Balaban J connectivity index is 2.33. The minimum atomic E-state index is -2.97. The highest BCUT2D eigenvalue weighted by Gasteiger charge is 2.62. The van der Waals surface area contributed by atoms with Gasteiger partial charge in [0, 0.05) is 13.5 Å². The normalized spacial score (nSPS) is 25.5. The predicted octanol–water partition coefficient (Wildman–Crippen LogP) is 1.76. The van der Waals surface area contributed by atoms with Crippen LogP contribution >= 0.6 is 0 Å². The second-order valence-corrected chi connectivity index (χ2v) is 12.3. The average molecular weight is 652 g/mol. The largest absolute Gasteiger partial charge is 0.477 e. The van der Waals surface area contributed by atoms with E-state index < -0.39 is 73.5 Å². The first-order valence-electron chi connectivity index (χ1n) is 16.9. The summed E-state index contributed by atoms with van der Waals surface area (Å²) >= 11 is 0. The maximum atomic E-state index is 12.2. The number of unbranched alkanes of at least 4 members (excludes halogenated alkanes) is 15. The van der Waals surface area contributed by atoms with E-state index in [9.17, 15) is 45.3 Å². The lowest BCUT2D eigenvalue weighted by atomic mass is 9.86. The number of carboxylic acid groups (broad SMARTS) is 1. The van der Waals surface area contributed by atoms with Gasteiger partial charge < -0.3 is 55.3 Å². The lowest BCUT2D eigenvalue weighted by Gasteiger charge is -2.49. The molecule has 45 heavy (non-hydrogen) atoms. The van der Waals surface area contributed by atoms with Gasteiger partial charge in [-0.25, -0.2) is 4.79 Å². The number of carbonyl (C=O) groups is 2. The van der Waals surface area contributed by atoms with Gasteiger partial charge in [0.25, 0.3) is 5.79 Å². The second-order valence-electron chi connectivity index (χ2n) is 12.3. The molecule has 0 unspecified atom stereocenters. The van der Waals surface area contributed by atoms with Crippen molar-refractivity contribution in [2.24, 2.45) is 0 Å². The van der Waals surface area contributed by atoms with Gasteiger partial charge >= 0.3 is 5.97 Å². The first-order valence-corrected chi connectivity index (χ1v) is 16.9. The molecular weight excluding hydrogens is 590 g/mol. The third kappa shape index (κ3) is 15.4. The molecule has 1 saturated heterocycles. The highest BCUT2D eigenvalue weighted by Crippen LogP contribution is 2.34. The molecule has 8 N–H and O–H groups in total. The minimum Gasteiger partial charge on any atom is -0.477 e. The molecule has 13 nitrogen and oxygen atoms in total.